The van der Waals surface area contributed by atoms with Crippen molar-refractivity contribution in [3.8, 4) is 0 Å². The fraction of sp³-hybridized carbons (Fsp3) is 0. The molecule has 0 spiro atoms. The van der Waals surface area contributed by atoms with Crippen molar-refractivity contribution in [2.24, 2.45) is 0 Å². The quantitative estimate of drug-likeness (QED) is 0.346. The Bertz CT molecular complexity index is 569. The average Bonchev–Trinajstić information content (AvgIpc) is 2.56. The summed E-state index contributed by atoms with van der Waals surface area (Å²) in [6, 6.07) is 32.1. The van der Waals surface area contributed by atoms with Crippen LogP contribution in [-0.4, -0.2) is 8.07 Å². The Morgan fingerprint density at radius 1 is 0.476 bits per heavy atom. The number of hydrogen-bond donors (Lipinski definition) is 0. The molecule has 0 fully saturated rings. The zero-order valence-electron chi connectivity index (χ0n) is 12.4. The van der Waals surface area contributed by atoms with E-state index in [1.54, 1.807) is 0 Å². The van der Waals surface area contributed by atoms with E-state index in [2.05, 4.69) is 91.0 Å². The van der Waals surface area contributed by atoms with Gasteiger partial charge in [-0.2, -0.15) is 0 Å². The molecule has 2 heteroatoms. The summed E-state index contributed by atoms with van der Waals surface area (Å²) in [5.74, 6) is 0. The molecule has 0 bridgehead atoms. The molecule has 98 valence electrons. The van der Waals surface area contributed by atoms with Gasteiger partial charge in [0.1, 0.15) is 0 Å². The van der Waals surface area contributed by atoms with E-state index in [4.69, 9.17) is 6.55 Å². The van der Waals surface area contributed by atoms with Crippen molar-refractivity contribution in [1.82, 2.24) is 0 Å². The summed E-state index contributed by atoms with van der Waals surface area (Å²) in [5, 5.41) is 4.03. The van der Waals surface area contributed by atoms with Crippen molar-refractivity contribution in [1.29, 1.82) is 0 Å². The van der Waals surface area contributed by atoms with Gasteiger partial charge >= 0.3 is 18.9 Å². The van der Waals surface area contributed by atoms with E-state index in [1.165, 1.54) is 15.6 Å². The molecule has 3 aromatic carbocycles. The van der Waals surface area contributed by atoms with E-state index in [-0.39, 0.29) is 18.9 Å². The topological polar surface area (TPSA) is 0 Å². The molecule has 0 N–H and O–H groups in total. The van der Waals surface area contributed by atoms with Crippen LogP contribution >= 0.6 is 0 Å². The van der Waals surface area contributed by atoms with Crippen molar-refractivity contribution in [2.45, 2.75) is 0 Å². The first-order valence-electron chi connectivity index (χ1n) is 6.84. The molecule has 0 radical (unpaired) electrons. The van der Waals surface area contributed by atoms with Crippen LogP contribution in [0.1, 0.15) is 0 Å². The van der Waals surface area contributed by atoms with Crippen LogP contribution in [0, 0.1) is 6.55 Å². The smallest absolute Gasteiger partial charge is 0.329 e. The Morgan fingerprint density at radius 2 is 0.714 bits per heavy atom. The number of hydrogen-bond acceptors (Lipinski definition) is 0. The van der Waals surface area contributed by atoms with Crippen LogP contribution in [0.25, 0.3) is 0 Å². The Labute approximate surface area is 140 Å². The van der Waals surface area contributed by atoms with E-state index in [1.807, 2.05) is 0 Å². The van der Waals surface area contributed by atoms with Crippen molar-refractivity contribution in [3.05, 3.63) is 97.5 Å². The van der Waals surface area contributed by atoms with E-state index >= 15 is 0 Å². The summed E-state index contributed by atoms with van der Waals surface area (Å²) >= 11 is 0. The van der Waals surface area contributed by atoms with Gasteiger partial charge in [-0.15, -0.1) is 0 Å². The van der Waals surface area contributed by atoms with E-state index in [0.29, 0.717) is 0 Å². The molecule has 21 heavy (non-hydrogen) atoms. The van der Waals surface area contributed by atoms with Gasteiger partial charge in [0.15, 0.2) is 0 Å². The Balaban J connectivity index is 0.00000161. The first-order chi connectivity index (χ1) is 9.82. The van der Waals surface area contributed by atoms with Gasteiger partial charge in [-0.3, -0.25) is 0 Å². The first-order valence-corrected chi connectivity index (χ1v) is 9.04. The van der Waals surface area contributed by atoms with Gasteiger partial charge in [-0.1, -0.05) is 107 Å². The fourth-order valence-corrected chi connectivity index (χ4v) is 5.95. The number of benzene rings is 3. The maximum absolute atomic E-state index is 4.72. The third-order valence-corrected chi connectivity index (χ3v) is 7.76. The summed E-state index contributed by atoms with van der Waals surface area (Å²) in [5.41, 5.74) is 0. The summed E-state index contributed by atoms with van der Waals surface area (Å²) in [6.45, 7) is 4.72. The van der Waals surface area contributed by atoms with Gasteiger partial charge in [0.25, 0.3) is 0 Å². The molecular weight excluding hydrogens is 263 g/mol. The van der Waals surface area contributed by atoms with Crippen LogP contribution < -0.4 is 34.4 Å². The molecule has 0 atom stereocenters. The summed E-state index contributed by atoms with van der Waals surface area (Å²) in [4.78, 5) is 0. The minimum atomic E-state index is -2.13. The van der Waals surface area contributed by atoms with Gasteiger partial charge < -0.3 is 6.55 Å². The fourth-order valence-electron chi connectivity index (χ4n) is 2.67. The molecule has 0 aliphatic heterocycles. The molecule has 3 aromatic rings. The Hall–Kier alpha value is -1.53. The van der Waals surface area contributed by atoms with Crippen molar-refractivity contribution >= 4 is 23.6 Å². The molecule has 3 rings (SSSR count). The standard InChI is InChI=1S/C19H17Si.Li/c1-20(17-11-5-2-6-12-17,18-13-7-3-8-14-18)19-15-9-4-10-16-19;/h2-16H,1H2;/q-1;+1. The maximum Gasteiger partial charge on any atom is 1.00 e. The minimum Gasteiger partial charge on any atom is -0.329 e. The Morgan fingerprint density at radius 3 is 0.952 bits per heavy atom. The first kappa shape index (κ1) is 15.9. The van der Waals surface area contributed by atoms with Crippen LogP contribution in [-0.2, 0) is 0 Å². The van der Waals surface area contributed by atoms with Gasteiger partial charge in [0.05, 0.1) is 0 Å². The maximum atomic E-state index is 4.72. The SMILES string of the molecule is [CH2-][Si](c1ccccc1)(c1ccccc1)c1ccccc1.[Li+]. The normalized spacial score (nSPS) is 10.7. The van der Waals surface area contributed by atoms with Crippen molar-refractivity contribution < 1.29 is 18.9 Å². The van der Waals surface area contributed by atoms with Crippen LogP contribution in [0.2, 0.25) is 0 Å². The second kappa shape index (κ2) is 6.96. The third kappa shape index (κ3) is 3.06. The summed E-state index contributed by atoms with van der Waals surface area (Å²) < 4.78 is 0. The van der Waals surface area contributed by atoms with Gasteiger partial charge in [0.2, 0.25) is 0 Å². The summed E-state index contributed by atoms with van der Waals surface area (Å²) in [7, 11) is -2.13. The molecule has 0 saturated carbocycles. The second-order valence-electron chi connectivity index (χ2n) is 5.00. The predicted molar refractivity (Wildman–Crippen MR) is 89.3 cm³/mol. The van der Waals surface area contributed by atoms with Gasteiger partial charge in [-0.05, 0) is 0 Å². The molecule has 0 aliphatic rings. The van der Waals surface area contributed by atoms with Gasteiger partial charge in [0, 0.05) is 8.07 Å². The molecule has 0 unspecified atom stereocenters. The molecule has 0 amide bonds. The minimum absolute atomic E-state index is 0. The van der Waals surface area contributed by atoms with Crippen molar-refractivity contribution in [2.75, 3.05) is 0 Å². The van der Waals surface area contributed by atoms with Crippen molar-refractivity contribution in [3.63, 3.8) is 0 Å². The number of rotatable bonds is 3. The third-order valence-electron chi connectivity index (χ3n) is 3.80. The summed E-state index contributed by atoms with van der Waals surface area (Å²) in [6.07, 6.45) is 0. The molecule has 0 nitrogen and oxygen atoms in total. The Kier molecular flexibility index (Phi) is 5.25. The monoisotopic (exact) mass is 280 g/mol. The van der Waals surface area contributed by atoms with Gasteiger partial charge in [-0.25, -0.2) is 0 Å². The predicted octanol–water partition coefficient (Wildman–Crippen LogP) is -0.466. The molecular formula is C19H17LiSi. The van der Waals surface area contributed by atoms with Crippen LogP contribution in [0.3, 0.4) is 0 Å². The molecule has 0 aliphatic carbocycles. The zero-order valence-corrected chi connectivity index (χ0v) is 13.4. The van der Waals surface area contributed by atoms with E-state index in [0.717, 1.165) is 0 Å². The van der Waals surface area contributed by atoms with E-state index < -0.39 is 8.07 Å². The average molecular weight is 280 g/mol. The zero-order chi connectivity index (χ0) is 13.8. The van der Waals surface area contributed by atoms with Crippen LogP contribution in [0.4, 0.5) is 0 Å². The molecule has 0 aromatic heterocycles. The second-order valence-corrected chi connectivity index (χ2v) is 8.55. The van der Waals surface area contributed by atoms with E-state index in [9.17, 15) is 0 Å². The van der Waals surface area contributed by atoms with Crippen LogP contribution in [0.5, 0.6) is 0 Å². The molecule has 0 heterocycles. The molecule has 0 saturated heterocycles. The van der Waals surface area contributed by atoms with Crippen LogP contribution in [0.15, 0.2) is 91.0 Å². The largest absolute Gasteiger partial charge is 1.00 e.